The molecular weight excluding hydrogens is 447 g/mol. The van der Waals surface area contributed by atoms with Crippen LogP contribution in [0.2, 0.25) is 0 Å². The summed E-state index contributed by atoms with van der Waals surface area (Å²) in [6, 6.07) is 2.42. The smallest absolute Gasteiger partial charge is 0.364 e. The molecule has 0 atom stereocenters. The lowest BCUT2D eigenvalue weighted by molar-refractivity contribution is -0.143. The van der Waals surface area contributed by atoms with Gasteiger partial charge < -0.3 is 4.90 Å². The molecular formula is C21H21F5N6O. The zero-order valence-electron chi connectivity index (χ0n) is 18.2. The van der Waals surface area contributed by atoms with Crippen LogP contribution in [0.1, 0.15) is 43.7 Å². The van der Waals surface area contributed by atoms with Crippen LogP contribution in [-0.4, -0.2) is 37.7 Å². The molecule has 12 heteroatoms. The van der Waals surface area contributed by atoms with Crippen molar-refractivity contribution in [2.45, 2.75) is 46.0 Å². The number of halogens is 5. The fourth-order valence-corrected chi connectivity index (χ4v) is 3.48. The maximum absolute atomic E-state index is 13.8. The Labute approximate surface area is 186 Å². The van der Waals surface area contributed by atoms with Gasteiger partial charge in [-0.25, -0.2) is 23.4 Å². The average Bonchev–Trinajstić information content (AvgIpc) is 3.17. The monoisotopic (exact) mass is 468 g/mol. The van der Waals surface area contributed by atoms with Crippen LogP contribution in [0.3, 0.4) is 0 Å². The van der Waals surface area contributed by atoms with Gasteiger partial charge in [0.25, 0.3) is 5.91 Å². The van der Waals surface area contributed by atoms with Gasteiger partial charge in [0, 0.05) is 18.2 Å². The molecule has 7 nitrogen and oxygen atoms in total. The first kappa shape index (κ1) is 24.1. The summed E-state index contributed by atoms with van der Waals surface area (Å²) in [4.78, 5) is 22.7. The quantitative estimate of drug-likeness (QED) is 0.525. The molecule has 176 valence electrons. The van der Waals surface area contributed by atoms with Gasteiger partial charge in [-0.2, -0.15) is 18.3 Å². The highest BCUT2D eigenvalue weighted by Gasteiger charge is 2.40. The van der Waals surface area contributed by atoms with Crippen LogP contribution in [0.25, 0.3) is 5.69 Å². The van der Waals surface area contributed by atoms with Gasteiger partial charge >= 0.3 is 6.18 Å². The van der Waals surface area contributed by atoms with E-state index in [2.05, 4.69) is 20.4 Å². The number of rotatable bonds is 6. The standard InChI is InChI=1S/C21H21F5N6O/c1-11(2)31(12(3)4)14-8-27-20(28-9-14)30-19(33)15-10-29-32(18(15)21(24,25)26)13-5-6-16(22)17(23)7-13/h5-12H,1-4H3,(H,27,28,30,33). The van der Waals surface area contributed by atoms with Crippen molar-refractivity contribution < 1.29 is 26.7 Å². The first-order valence-corrected chi connectivity index (χ1v) is 9.92. The Bertz CT molecular complexity index is 1130. The summed E-state index contributed by atoms with van der Waals surface area (Å²) in [5.74, 6) is -3.95. The number of carbonyl (C=O) groups excluding carboxylic acids is 1. The van der Waals surface area contributed by atoms with Gasteiger partial charge in [-0.3, -0.25) is 10.1 Å². The molecule has 2 heterocycles. The molecule has 3 aromatic rings. The van der Waals surface area contributed by atoms with Crippen molar-refractivity contribution in [3.8, 4) is 5.69 Å². The normalized spacial score (nSPS) is 11.8. The van der Waals surface area contributed by atoms with Crippen LogP contribution >= 0.6 is 0 Å². The number of nitrogens with one attached hydrogen (secondary N) is 1. The van der Waals surface area contributed by atoms with Crippen LogP contribution in [-0.2, 0) is 6.18 Å². The van der Waals surface area contributed by atoms with Crippen LogP contribution < -0.4 is 10.2 Å². The predicted octanol–water partition coefficient (Wildman–Crippen LogP) is 4.83. The molecule has 0 aliphatic rings. The van der Waals surface area contributed by atoms with Gasteiger partial charge in [-0.15, -0.1) is 0 Å². The zero-order chi connectivity index (χ0) is 24.5. The Morgan fingerprint density at radius 2 is 1.61 bits per heavy atom. The molecule has 0 saturated heterocycles. The number of alkyl halides is 3. The Hall–Kier alpha value is -3.57. The van der Waals surface area contributed by atoms with E-state index in [0.717, 1.165) is 6.07 Å². The number of hydrogen-bond acceptors (Lipinski definition) is 5. The Balaban J connectivity index is 1.91. The lowest BCUT2D eigenvalue weighted by Gasteiger charge is -2.32. The van der Waals surface area contributed by atoms with E-state index in [1.54, 1.807) is 0 Å². The number of anilines is 2. The second-order valence-electron chi connectivity index (χ2n) is 7.73. The van der Waals surface area contributed by atoms with Crippen molar-refractivity contribution in [3.05, 3.63) is 59.7 Å². The number of amides is 1. The minimum absolute atomic E-state index is 0.144. The fraction of sp³-hybridized carbons (Fsp3) is 0.333. The molecule has 3 rings (SSSR count). The van der Waals surface area contributed by atoms with Crippen LogP contribution in [0.4, 0.5) is 33.6 Å². The molecule has 0 unspecified atom stereocenters. The molecule has 0 aliphatic carbocycles. The molecule has 0 aliphatic heterocycles. The van der Waals surface area contributed by atoms with Crippen LogP contribution in [0.15, 0.2) is 36.8 Å². The molecule has 33 heavy (non-hydrogen) atoms. The van der Waals surface area contributed by atoms with Crippen LogP contribution in [0, 0.1) is 11.6 Å². The van der Waals surface area contributed by atoms with Gasteiger partial charge in [0.05, 0.1) is 35.5 Å². The zero-order valence-corrected chi connectivity index (χ0v) is 18.2. The Morgan fingerprint density at radius 1 is 1.00 bits per heavy atom. The number of nitrogens with zero attached hydrogens (tertiary/aromatic N) is 5. The minimum atomic E-state index is -5.02. The van der Waals surface area contributed by atoms with Crippen LogP contribution in [0.5, 0.6) is 0 Å². The lowest BCUT2D eigenvalue weighted by atomic mass is 10.2. The van der Waals surface area contributed by atoms with E-state index in [1.807, 2.05) is 32.6 Å². The second kappa shape index (κ2) is 9.12. The van der Waals surface area contributed by atoms with E-state index in [0.29, 0.717) is 28.7 Å². The minimum Gasteiger partial charge on any atom is -0.364 e. The van der Waals surface area contributed by atoms with Crippen molar-refractivity contribution in [2.24, 2.45) is 0 Å². The number of hydrogen-bond donors (Lipinski definition) is 1. The van der Waals surface area contributed by atoms with Gasteiger partial charge in [0.2, 0.25) is 5.95 Å². The third kappa shape index (κ3) is 5.10. The van der Waals surface area contributed by atoms with E-state index < -0.39 is 40.7 Å². The van der Waals surface area contributed by atoms with Gasteiger partial charge in [-0.1, -0.05) is 0 Å². The van der Waals surface area contributed by atoms with Gasteiger partial charge in [0.15, 0.2) is 17.3 Å². The Kier molecular flexibility index (Phi) is 6.65. The van der Waals surface area contributed by atoms with Gasteiger partial charge in [-0.05, 0) is 39.8 Å². The largest absolute Gasteiger partial charge is 0.434 e. The van der Waals surface area contributed by atoms with E-state index in [9.17, 15) is 26.7 Å². The molecule has 0 bridgehead atoms. The Morgan fingerprint density at radius 3 is 2.12 bits per heavy atom. The third-order valence-electron chi connectivity index (χ3n) is 4.70. The summed E-state index contributed by atoms with van der Waals surface area (Å²) in [5, 5.41) is 5.78. The molecule has 0 saturated carbocycles. The summed E-state index contributed by atoms with van der Waals surface area (Å²) < 4.78 is 68.3. The highest BCUT2D eigenvalue weighted by atomic mass is 19.4. The maximum Gasteiger partial charge on any atom is 0.434 e. The van der Waals surface area contributed by atoms with Crippen molar-refractivity contribution in [3.63, 3.8) is 0 Å². The molecule has 1 N–H and O–H groups in total. The summed E-state index contributed by atoms with van der Waals surface area (Å²) in [6.07, 6.45) is -1.42. The van der Waals surface area contributed by atoms with Gasteiger partial charge in [0.1, 0.15) is 0 Å². The van der Waals surface area contributed by atoms with E-state index in [-0.39, 0.29) is 18.0 Å². The maximum atomic E-state index is 13.8. The molecule has 1 amide bonds. The SMILES string of the molecule is CC(C)N(c1cnc(NC(=O)c2cnn(-c3ccc(F)c(F)c3)c2C(F)(F)F)nc1)C(C)C. The van der Waals surface area contributed by atoms with E-state index >= 15 is 0 Å². The molecule has 0 fully saturated rings. The van der Waals surface area contributed by atoms with E-state index in [4.69, 9.17) is 0 Å². The summed E-state index contributed by atoms with van der Waals surface area (Å²) in [6.45, 7) is 7.94. The fourth-order valence-electron chi connectivity index (χ4n) is 3.48. The van der Waals surface area contributed by atoms with Crippen molar-refractivity contribution in [2.75, 3.05) is 10.2 Å². The van der Waals surface area contributed by atoms with Crippen molar-refractivity contribution in [1.82, 2.24) is 19.7 Å². The lowest BCUT2D eigenvalue weighted by Crippen LogP contribution is -2.37. The summed E-state index contributed by atoms with van der Waals surface area (Å²) >= 11 is 0. The summed E-state index contributed by atoms with van der Waals surface area (Å²) in [5.41, 5.74) is -2.00. The third-order valence-corrected chi connectivity index (χ3v) is 4.70. The number of carbonyl (C=O) groups is 1. The summed E-state index contributed by atoms with van der Waals surface area (Å²) in [7, 11) is 0. The highest BCUT2D eigenvalue weighted by molar-refractivity contribution is 6.04. The molecule has 1 aromatic carbocycles. The topological polar surface area (TPSA) is 75.9 Å². The first-order valence-electron chi connectivity index (χ1n) is 9.92. The van der Waals surface area contributed by atoms with Crippen molar-refractivity contribution >= 4 is 17.5 Å². The number of aromatic nitrogens is 4. The average molecular weight is 468 g/mol. The van der Waals surface area contributed by atoms with E-state index in [1.165, 1.54) is 12.4 Å². The first-order chi connectivity index (χ1) is 15.4. The molecule has 0 spiro atoms. The van der Waals surface area contributed by atoms with Crippen molar-refractivity contribution in [1.29, 1.82) is 0 Å². The molecule has 0 radical (unpaired) electrons. The molecule has 2 aromatic heterocycles. The second-order valence-corrected chi connectivity index (χ2v) is 7.73. The highest BCUT2D eigenvalue weighted by Crippen LogP contribution is 2.34. The number of benzene rings is 1. The predicted molar refractivity (Wildman–Crippen MR) is 111 cm³/mol.